The van der Waals surface area contributed by atoms with Gasteiger partial charge >= 0.3 is 5.69 Å². The topological polar surface area (TPSA) is 73.4 Å². The summed E-state index contributed by atoms with van der Waals surface area (Å²) < 4.78 is 42.5. The van der Waals surface area contributed by atoms with E-state index in [0.29, 0.717) is 22.8 Å². The number of fused-ring (bicyclic) bond motifs is 1. The van der Waals surface area contributed by atoms with Crippen molar-refractivity contribution < 1.29 is 18.0 Å². The summed E-state index contributed by atoms with van der Waals surface area (Å²) in [6, 6.07) is 27.3. The largest absolute Gasteiger partial charge is 0.338 e. The number of allylic oxidation sites excluding steroid dienone is 2. The number of aliphatic imine (C=N–C) groups is 1. The molecule has 5 aromatic rings. The molecule has 1 heterocycles. The lowest BCUT2D eigenvalue weighted by Crippen LogP contribution is -2.23. The van der Waals surface area contributed by atoms with E-state index in [0.717, 1.165) is 12.5 Å². The second kappa shape index (κ2) is 14.7. The molecule has 0 radical (unpaired) electrons. The van der Waals surface area contributed by atoms with Gasteiger partial charge in [-0.25, -0.2) is 22.8 Å². The number of hydrogen-bond donors (Lipinski definition) is 0. The molecule has 0 bridgehead atoms. The Morgan fingerprint density at radius 1 is 0.605 bits per heavy atom. The van der Waals surface area contributed by atoms with Crippen LogP contribution in [0.2, 0.25) is 0 Å². The fourth-order valence-corrected chi connectivity index (χ4v) is 4.11. The second-order valence-electron chi connectivity index (χ2n) is 8.91. The van der Waals surface area contributed by atoms with Crippen LogP contribution in [0.3, 0.4) is 0 Å². The molecule has 0 amide bonds. The number of nitrogens with zero attached hydrogens (tertiary/aromatic N) is 3. The standard InChI is InChI=1S/C20H14F2N2O.C7H4FNO.C7H6O/c21-14-6-4-8-16(12-14)23-18-10-2-1-3-11-19(18)24(20(23)25)17-9-5-7-15(22)13-17;8-6-2-1-3-7(4-6)9-5-10;8-7-5-3-1-2-4-6-7/h2-13H,1H2;1-4H;1-6H. The molecule has 43 heavy (non-hydrogen) atoms. The van der Waals surface area contributed by atoms with Gasteiger partial charge in [0.25, 0.3) is 0 Å². The third kappa shape index (κ3) is 8.13. The minimum atomic E-state index is -0.426. The molecular weight excluding hydrogens is 555 g/mol. The Hall–Kier alpha value is -5.79. The Labute approximate surface area is 244 Å². The third-order valence-electron chi connectivity index (χ3n) is 5.92. The normalized spacial score (nSPS) is 11.0. The van der Waals surface area contributed by atoms with Crippen molar-refractivity contribution in [3.8, 4) is 11.4 Å². The number of benzene rings is 3. The first-order valence-electron chi connectivity index (χ1n) is 13.0. The van der Waals surface area contributed by atoms with Gasteiger partial charge in [-0.1, -0.05) is 54.6 Å². The van der Waals surface area contributed by atoms with Gasteiger partial charge in [0.2, 0.25) is 6.08 Å². The van der Waals surface area contributed by atoms with Crippen molar-refractivity contribution in [1.82, 2.24) is 9.13 Å². The van der Waals surface area contributed by atoms with E-state index in [9.17, 15) is 27.6 Å². The minimum Gasteiger partial charge on any atom is -0.290 e. The molecule has 0 atom stereocenters. The predicted molar refractivity (Wildman–Crippen MR) is 161 cm³/mol. The molecule has 1 aromatic heterocycles. The Bertz CT molecular complexity index is 1850. The summed E-state index contributed by atoms with van der Waals surface area (Å²) in [4.78, 5) is 36.5. The van der Waals surface area contributed by atoms with Gasteiger partial charge in [0, 0.05) is 6.07 Å². The maximum atomic E-state index is 13.7. The number of halogens is 3. The van der Waals surface area contributed by atoms with Crippen molar-refractivity contribution >= 4 is 23.9 Å². The van der Waals surface area contributed by atoms with Crippen LogP contribution in [0, 0.1) is 17.5 Å². The molecule has 214 valence electrons. The number of isocyanates is 1. The number of aromatic nitrogens is 2. The molecule has 0 fully saturated rings. The Morgan fingerprint density at radius 2 is 1.09 bits per heavy atom. The molecule has 9 heteroatoms. The first-order chi connectivity index (χ1) is 20.9. The molecule has 0 unspecified atom stereocenters. The van der Waals surface area contributed by atoms with Crippen LogP contribution >= 0.6 is 0 Å². The number of imidazole rings is 1. The summed E-state index contributed by atoms with van der Waals surface area (Å²) in [5.41, 5.74) is 2.08. The fraction of sp³-hybridized carbons (Fsp3) is 0.0294. The SMILES string of the molecule is O=C=Nc1cccc(F)c1.O=c1cccccc1.O=c1n(-c2cccc(F)c2)c2c(n1-c1cccc(F)c1)C=CCC=C2. The van der Waals surface area contributed by atoms with Crippen LogP contribution in [-0.4, -0.2) is 15.2 Å². The van der Waals surface area contributed by atoms with Gasteiger partial charge in [0.05, 0.1) is 28.5 Å². The monoisotopic (exact) mass is 579 g/mol. The highest BCUT2D eigenvalue weighted by Gasteiger charge is 2.20. The van der Waals surface area contributed by atoms with Crippen LogP contribution in [0.5, 0.6) is 0 Å². The quantitative estimate of drug-likeness (QED) is 0.168. The number of rotatable bonds is 3. The van der Waals surface area contributed by atoms with E-state index in [1.165, 1.54) is 69.8 Å². The van der Waals surface area contributed by atoms with E-state index in [1.54, 1.807) is 36.4 Å². The van der Waals surface area contributed by atoms with E-state index < -0.39 is 17.5 Å². The van der Waals surface area contributed by atoms with Gasteiger partial charge in [-0.15, -0.1) is 0 Å². The van der Waals surface area contributed by atoms with Gasteiger partial charge in [-0.05, 0) is 79.2 Å². The molecule has 1 aliphatic rings. The molecule has 6 nitrogen and oxygen atoms in total. The zero-order chi connectivity index (χ0) is 30.6. The highest BCUT2D eigenvalue weighted by atomic mass is 19.1. The maximum absolute atomic E-state index is 13.7. The van der Waals surface area contributed by atoms with E-state index in [4.69, 9.17) is 0 Å². The molecule has 0 aliphatic heterocycles. The summed E-state index contributed by atoms with van der Waals surface area (Å²) in [7, 11) is 0. The van der Waals surface area contributed by atoms with Crippen molar-refractivity contribution in [1.29, 1.82) is 0 Å². The molecule has 6 rings (SSSR count). The van der Waals surface area contributed by atoms with Gasteiger partial charge in [0.1, 0.15) is 17.5 Å². The van der Waals surface area contributed by atoms with Crippen LogP contribution < -0.4 is 11.1 Å². The van der Waals surface area contributed by atoms with Crippen molar-refractivity contribution in [3.63, 3.8) is 0 Å². The molecular formula is C34H24F3N3O3. The Morgan fingerprint density at radius 3 is 1.56 bits per heavy atom. The van der Waals surface area contributed by atoms with Crippen LogP contribution in [0.1, 0.15) is 17.8 Å². The highest BCUT2D eigenvalue weighted by molar-refractivity contribution is 5.67. The minimum absolute atomic E-state index is 0.0509. The first kappa shape index (κ1) is 30.2. The smallest absolute Gasteiger partial charge is 0.290 e. The van der Waals surface area contributed by atoms with Gasteiger partial charge < -0.3 is 0 Å². The Kier molecular flexibility index (Phi) is 10.3. The van der Waals surface area contributed by atoms with Crippen molar-refractivity contribution in [2.75, 3.05) is 0 Å². The molecule has 0 saturated heterocycles. The molecule has 0 N–H and O–H groups in total. The second-order valence-corrected chi connectivity index (χ2v) is 8.91. The van der Waals surface area contributed by atoms with Gasteiger partial charge in [-0.3, -0.25) is 13.9 Å². The fourth-order valence-electron chi connectivity index (χ4n) is 4.11. The summed E-state index contributed by atoms with van der Waals surface area (Å²) in [6.45, 7) is 0. The van der Waals surface area contributed by atoms with E-state index in [2.05, 4.69) is 4.99 Å². The molecule has 0 spiro atoms. The zero-order valence-corrected chi connectivity index (χ0v) is 22.6. The van der Waals surface area contributed by atoms with E-state index >= 15 is 0 Å². The number of carbonyl (C=O) groups excluding carboxylic acids is 1. The predicted octanol–water partition coefficient (Wildman–Crippen LogP) is 7.18. The summed E-state index contributed by atoms with van der Waals surface area (Å²) in [6.07, 6.45) is 9.55. The van der Waals surface area contributed by atoms with E-state index in [1.807, 2.05) is 36.4 Å². The summed E-state index contributed by atoms with van der Waals surface area (Å²) in [5.74, 6) is -1.26. The summed E-state index contributed by atoms with van der Waals surface area (Å²) >= 11 is 0. The van der Waals surface area contributed by atoms with Crippen molar-refractivity contribution in [2.45, 2.75) is 6.42 Å². The molecule has 1 aliphatic carbocycles. The average Bonchev–Trinajstić information content (AvgIpc) is 3.20. The zero-order valence-electron chi connectivity index (χ0n) is 22.6. The van der Waals surface area contributed by atoms with Gasteiger partial charge in [0.15, 0.2) is 5.43 Å². The van der Waals surface area contributed by atoms with E-state index in [-0.39, 0.29) is 16.8 Å². The summed E-state index contributed by atoms with van der Waals surface area (Å²) in [5, 5.41) is 0. The molecule has 0 saturated carbocycles. The van der Waals surface area contributed by atoms with Crippen molar-refractivity contribution in [3.05, 3.63) is 171 Å². The van der Waals surface area contributed by atoms with Crippen LogP contribution in [0.25, 0.3) is 23.5 Å². The Balaban J connectivity index is 0.000000192. The van der Waals surface area contributed by atoms with Crippen LogP contribution in [0.4, 0.5) is 18.9 Å². The average molecular weight is 580 g/mol. The van der Waals surface area contributed by atoms with Crippen molar-refractivity contribution in [2.24, 2.45) is 4.99 Å². The lowest BCUT2D eigenvalue weighted by atomic mass is 10.2. The van der Waals surface area contributed by atoms with Crippen LogP contribution in [0.15, 0.2) is 136 Å². The van der Waals surface area contributed by atoms with Crippen LogP contribution in [-0.2, 0) is 4.79 Å². The van der Waals surface area contributed by atoms with Gasteiger partial charge in [-0.2, -0.15) is 4.99 Å². The third-order valence-corrected chi connectivity index (χ3v) is 5.92. The molecule has 4 aromatic carbocycles. The highest BCUT2D eigenvalue weighted by Crippen LogP contribution is 2.23. The number of hydrogen-bond acceptors (Lipinski definition) is 4. The lowest BCUT2D eigenvalue weighted by Gasteiger charge is -2.04. The first-order valence-corrected chi connectivity index (χ1v) is 13.0. The maximum Gasteiger partial charge on any atom is 0.338 e. The lowest BCUT2D eigenvalue weighted by molar-refractivity contribution is 0.565.